The third kappa shape index (κ3) is 5.72. The fourth-order valence-electron chi connectivity index (χ4n) is 2.73. The van der Waals surface area contributed by atoms with E-state index in [2.05, 4.69) is 25.8 Å². The molecule has 10 heteroatoms. The van der Waals surface area contributed by atoms with E-state index in [1.54, 1.807) is 50.7 Å². The molecule has 0 aliphatic heterocycles. The largest absolute Gasteiger partial charge is 0.496 e. The van der Waals surface area contributed by atoms with E-state index in [1.807, 2.05) is 0 Å². The maximum Gasteiger partial charge on any atom is 0.329 e. The Balaban J connectivity index is 1.82. The molecule has 0 saturated heterocycles. The number of halogens is 1. The van der Waals surface area contributed by atoms with Gasteiger partial charge in [-0.2, -0.15) is 5.48 Å². The first-order valence-corrected chi connectivity index (χ1v) is 9.26. The Bertz CT molecular complexity index is 1040. The van der Waals surface area contributed by atoms with Gasteiger partial charge in [0.05, 0.1) is 38.2 Å². The zero-order chi connectivity index (χ0) is 22.2. The molecule has 2 aromatic carbocycles. The van der Waals surface area contributed by atoms with Gasteiger partial charge in [-0.25, -0.2) is 14.4 Å². The van der Waals surface area contributed by atoms with Gasteiger partial charge in [-0.3, -0.25) is 10.1 Å². The van der Waals surface area contributed by atoms with Gasteiger partial charge >= 0.3 is 5.97 Å². The van der Waals surface area contributed by atoms with Gasteiger partial charge in [0.2, 0.25) is 11.9 Å². The van der Waals surface area contributed by atoms with Crippen LogP contribution in [-0.4, -0.2) is 36.1 Å². The third-order valence-electron chi connectivity index (χ3n) is 4.18. The number of anilines is 1. The number of nitrogens with zero attached hydrogens (tertiary/aromatic N) is 2. The predicted octanol–water partition coefficient (Wildman–Crippen LogP) is 3.27. The Morgan fingerprint density at radius 1 is 1.13 bits per heavy atom. The minimum atomic E-state index is -0.546. The third-order valence-corrected chi connectivity index (χ3v) is 4.18. The lowest BCUT2D eigenvalue weighted by Gasteiger charge is -2.13. The fourth-order valence-corrected chi connectivity index (χ4v) is 2.73. The van der Waals surface area contributed by atoms with E-state index >= 15 is 0 Å². The van der Waals surface area contributed by atoms with Crippen LogP contribution in [0.25, 0.3) is 11.3 Å². The SMILES string of the molecule is COc1cccc(OC)c1CN=C(NOC(C)=O)Nc1ncc(-c2ccc(F)cc2)[nH]1. The number of ether oxygens (including phenoxy) is 2. The summed E-state index contributed by atoms with van der Waals surface area (Å²) in [6.07, 6.45) is 1.59. The lowest BCUT2D eigenvalue weighted by molar-refractivity contribution is -0.145. The van der Waals surface area contributed by atoms with E-state index in [1.165, 1.54) is 19.1 Å². The number of aromatic amines is 1. The average Bonchev–Trinajstić information content (AvgIpc) is 3.24. The molecule has 1 heterocycles. The minimum absolute atomic E-state index is 0.128. The Labute approximate surface area is 178 Å². The summed E-state index contributed by atoms with van der Waals surface area (Å²) >= 11 is 0. The molecular weight excluding hydrogens is 405 g/mol. The van der Waals surface area contributed by atoms with Crippen LogP contribution in [0.15, 0.2) is 53.7 Å². The topological polar surface area (TPSA) is 110 Å². The number of carbonyl (C=O) groups excluding carboxylic acids is 1. The normalized spacial score (nSPS) is 11.0. The zero-order valence-corrected chi connectivity index (χ0v) is 17.2. The molecule has 0 amide bonds. The van der Waals surface area contributed by atoms with Crippen LogP contribution >= 0.6 is 0 Å². The Morgan fingerprint density at radius 3 is 2.42 bits per heavy atom. The van der Waals surface area contributed by atoms with Crippen LogP contribution in [0, 0.1) is 5.82 Å². The molecule has 31 heavy (non-hydrogen) atoms. The number of rotatable bonds is 6. The molecule has 3 N–H and O–H groups in total. The van der Waals surface area contributed by atoms with Crippen molar-refractivity contribution in [3.05, 3.63) is 60.0 Å². The number of imidazole rings is 1. The van der Waals surface area contributed by atoms with E-state index in [0.29, 0.717) is 28.7 Å². The summed E-state index contributed by atoms with van der Waals surface area (Å²) in [5, 5.41) is 2.92. The van der Waals surface area contributed by atoms with Crippen molar-refractivity contribution in [2.24, 2.45) is 4.99 Å². The van der Waals surface area contributed by atoms with E-state index in [-0.39, 0.29) is 18.3 Å². The van der Waals surface area contributed by atoms with Gasteiger partial charge < -0.3 is 19.3 Å². The van der Waals surface area contributed by atoms with E-state index < -0.39 is 5.97 Å². The molecule has 0 atom stereocenters. The number of hydrogen-bond acceptors (Lipinski definition) is 6. The highest BCUT2D eigenvalue weighted by atomic mass is 19.1. The number of aliphatic imine (C=N–C) groups is 1. The van der Waals surface area contributed by atoms with Gasteiger partial charge in [0.15, 0.2) is 0 Å². The first-order valence-electron chi connectivity index (χ1n) is 9.26. The van der Waals surface area contributed by atoms with Crippen molar-refractivity contribution in [1.82, 2.24) is 15.4 Å². The number of carbonyl (C=O) groups is 1. The monoisotopic (exact) mass is 427 g/mol. The highest BCUT2D eigenvalue weighted by Gasteiger charge is 2.12. The summed E-state index contributed by atoms with van der Waals surface area (Å²) in [5.74, 6) is 0.801. The minimum Gasteiger partial charge on any atom is -0.496 e. The van der Waals surface area contributed by atoms with Gasteiger partial charge in [-0.1, -0.05) is 6.07 Å². The van der Waals surface area contributed by atoms with Gasteiger partial charge in [-0.05, 0) is 42.0 Å². The number of nitrogens with one attached hydrogen (secondary N) is 3. The van der Waals surface area contributed by atoms with Gasteiger partial charge in [0.1, 0.15) is 17.3 Å². The molecule has 0 aliphatic rings. The summed E-state index contributed by atoms with van der Waals surface area (Å²) in [7, 11) is 3.11. The summed E-state index contributed by atoms with van der Waals surface area (Å²) < 4.78 is 23.9. The molecule has 162 valence electrons. The van der Waals surface area contributed by atoms with Gasteiger partial charge in [0, 0.05) is 6.92 Å². The molecule has 0 unspecified atom stereocenters. The first kappa shape index (κ1) is 21.6. The molecular formula is C21H22FN5O4. The fraction of sp³-hybridized carbons (Fsp3) is 0.190. The van der Waals surface area contributed by atoms with E-state index in [9.17, 15) is 9.18 Å². The summed E-state index contributed by atoms with van der Waals surface area (Å²) in [4.78, 5) is 27.8. The molecule has 0 bridgehead atoms. The number of aromatic nitrogens is 2. The number of benzene rings is 2. The Hall–Kier alpha value is -4.08. The molecule has 0 fully saturated rings. The van der Waals surface area contributed by atoms with Crippen molar-refractivity contribution in [2.45, 2.75) is 13.5 Å². The summed E-state index contributed by atoms with van der Waals surface area (Å²) in [6.45, 7) is 1.42. The molecule has 0 saturated carbocycles. The van der Waals surface area contributed by atoms with Crippen molar-refractivity contribution in [1.29, 1.82) is 0 Å². The molecule has 0 radical (unpaired) electrons. The molecule has 9 nitrogen and oxygen atoms in total. The van der Waals surface area contributed by atoms with Crippen molar-refractivity contribution in [3.8, 4) is 22.8 Å². The second kappa shape index (κ2) is 10.1. The smallest absolute Gasteiger partial charge is 0.329 e. The summed E-state index contributed by atoms with van der Waals surface area (Å²) in [6, 6.07) is 11.4. The van der Waals surface area contributed by atoms with Crippen LogP contribution in [0.3, 0.4) is 0 Å². The van der Waals surface area contributed by atoms with Crippen LogP contribution in [0.2, 0.25) is 0 Å². The van der Waals surface area contributed by atoms with Crippen molar-refractivity contribution in [3.63, 3.8) is 0 Å². The highest BCUT2D eigenvalue weighted by Crippen LogP contribution is 2.29. The zero-order valence-electron chi connectivity index (χ0n) is 17.2. The van der Waals surface area contributed by atoms with E-state index in [4.69, 9.17) is 14.3 Å². The molecule has 0 spiro atoms. The number of guanidine groups is 1. The molecule has 0 aliphatic carbocycles. The number of methoxy groups -OCH3 is 2. The van der Waals surface area contributed by atoms with Gasteiger partial charge in [0.25, 0.3) is 0 Å². The first-order chi connectivity index (χ1) is 15.0. The highest BCUT2D eigenvalue weighted by molar-refractivity contribution is 5.92. The van der Waals surface area contributed by atoms with Crippen molar-refractivity contribution >= 4 is 17.9 Å². The van der Waals surface area contributed by atoms with Crippen molar-refractivity contribution in [2.75, 3.05) is 19.5 Å². The number of H-pyrrole nitrogens is 1. The average molecular weight is 427 g/mol. The summed E-state index contributed by atoms with van der Waals surface area (Å²) in [5.41, 5.74) is 4.60. The molecule has 3 aromatic rings. The quantitative estimate of drug-likeness (QED) is 0.315. The number of hydroxylamine groups is 1. The second-order valence-electron chi connectivity index (χ2n) is 6.28. The van der Waals surface area contributed by atoms with E-state index in [0.717, 1.165) is 5.56 Å². The second-order valence-corrected chi connectivity index (χ2v) is 6.28. The van der Waals surface area contributed by atoms with Crippen LogP contribution in [0.1, 0.15) is 12.5 Å². The lowest BCUT2D eigenvalue weighted by Crippen LogP contribution is -2.33. The van der Waals surface area contributed by atoms with Crippen molar-refractivity contribution < 1.29 is 23.5 Å². The van der Waals surface area contributed by atoms with Gasteiger partial charge in [-0.15, -0.1) is 0 Å². The van der Waals surface area contributed by atoms with Crippen LogP contribution in [0.4, 0.5) is 10.3 Å². The lowest BCUT2D eigenvalue weighted by atomic mass is 10.2. The maximum atomic E-state index is 13.1. The number of hydrogen-bond donors (Lipinski definition) is 3. The molecule has 3 rings (SSSR count). The Morgan fingerprint density at radius 2 is 1.81 bits per heavy atom. The van der Waals surface area contributed by atoms with Crippen LogP contribution in [0.5, 0.6) is 11.5 Å². The Kier molecular flexibility index (Phi) is 7.05. The maximum absolute atomic E-state index is 13.1. The molecule has 1 aromatic heterocycles. The predicted molar refractivity (Wildman–Crippen MR) is 113 cm³/mol. The van der Waals surface area contributed by atoms with Crippen LogP contribution in [-0.2, 0) is 16.2 Å². The standard InChI is InChI=1S/C21H22FN5O4/c1-13(28)31-27-21(23-11-16-18(29-2)5-4-6-19(16)30-3)26-20-24-12-17(25-20)14-7-9-15(22)10-8-14/h4-10,12H,11H2,1-3H3,(H3,23,24,25,26,27). The van der Waals surface area contributed by atoms with Crippen LogP contribution < -0.4 is 20.3 Å².